The molecule has 5 heteroatoms. The molecule has 0 bridgehead atoms. The lowest BCUT2D eigenvalue weighted by atomic mass is 9.97. The predicted octanol–water partition coefficient (Wildman–Crippen LogP) is 4.28. The van der Waals surface area contributed by atoms with Gasteiger partial charge in [0, 0.05) is 34.8 Å². The number of non-ortho nitro benzene ring substituents is 1. The van der Waals surface area contributed by atoms with Crippen molar-refractivity contribution in [2.75, 3.05) is 0 Å². The second-order valence-electron chi connectivity index (χ2n) is 5.95. The van der Waals surface area contributed by atoms with Crippen LogP contribution in [0.3, 0.4) is 0 Å². The summed E-state index contributed by atoms with van der Waals surface area (Å²) in [6.07, 6.45) is 0.877. The normalized spacial score (nSPS) is 12.7. The Hall–Kier alpha value is -2.66. The van der Waals surface area contributed by atoms with Gasteiger partial charge in [0.15, 0.2) is 0 Å². The average molecular weight is 310 g/mol. The first-order chi connectivity index (χ1) is 11.0. The summed E-state index contributed by atoms with van der Waals surface area (Å²) >= 11 is 0. The number of hydrogen-bond donors (Lipinski definition) is 2. The lowest BCUT2D eigenvalue weighted by Crippen LogP contribution is -1.99. The molecule has 3 aromatic rings. The molecule has 0 aliphatic rings. The Morgan fingerprint density at radius 1 is 1.09 bits per heavy atom. The number of aliphatic hydroxyl groups excluding tert-OH is 1. The van der Waals surface area contributed by atoms with Gasteiger partial charge in [-0.2, -0.15) is 0 Å². The molecule has 0 aliphatic heterocycles. The van der Waals surface area contributed by atoms with Gasteiger partial charge in [-0.05, 0) is 23.1 Å². The quantitative estimate of drug-likeness (QED) is 0.557. The monoisotopic (exact) mass is 310 g/mol. The van der Waals surface area contributed by atoms with Gasteiger partial charge in [-0.25, -0.2) is 0 Å². The highest BCUT2D eigenvalue weighted by Gasteiger charge is 2.17. The number of benzene rings is 2. The maximum atomic E-state index is 11.0. The average Bonchev–Trinajstić information content (AvgIpc) is 2.97. The number of hydrogen-bond acceptors (Lipinski definition) is 3. The maximum absolute atomic E-state index is 11.0. The molecule has 5 nitrogen and oxygen atoms in total. The first-order valence-electron chi connectivity index (χ1n) is 7.50. The molecule has 2 N–H and O–H groups in total. The lowest BCUT2D eigenvalue weighted by Gasteiger charge is -2.12. The zero-order valence-corrected chi connectivity index (χ0v) is 13.0. The van der Waals surface area contributed by atoms with Crippen LogP contribution in [0.25, 0.3) is 10.9 Å². The molecule has 23 heavy (non-hydrogen) atoms. The molecule has 3 rings (SSSR count). The third kappa shape index (κ3) is 2.83. The van der Waals surface area contributed by atoms with Crippen molar-refractivity contribution in [1.82, 2.24) is 4.98 Å². The molecule has 0 saturated carbocycles. The van der Waals surface area contributed by atoms with Crippen LogP contribution in [0.5, 0.6) is 0 Å². The van der Waals surface area contributed by atoms with Crippen LogP contribution in [-0.2, 0) is 0 Å². The number of nitrogens with one attached hydrogen (secondary N) is 1. The van der Waals surface area contributed by atoms with Crippen molar-refractivity contribution in [2.45, 2.75) is 25.9 Å². The zero-order chi connectivity index (χ0) is 16.6. The standard InChI is InChI=1S/C18H18N2O3/c1-11(2)12-3-5-13(6-4-12)18(21)16-10-19-17-8-7-14(20(22)23)9-15(16)17/h3-11,18-19,21H,1-2H3. The SMILES string of the molecule is CC(C)c1ccc(C(O)c2c[nH]c3ccc([N+](=O)[O-])cc23)cc1. The Bertz CT molecular complexity index is 850. The molecule has 1 unspecified atom stereocenters. The molecule has 0 saturated heterocycles. The minimum Gasteiger partial charge on any atom is -0.384 e. The first kappa shape index (κ1) is 15.2. The summed E-state index contributed by atoms with van der Waals surface area (Å²) in [6.45, 7) is 4.23. The number of nitro benzene ring substituents is 1. The largest absolute Gasteiger partial charge is 0.384 e. The van der Waals surface area contributed by atoms with Gasteiger partial charge < -0.3 is 10.1 Å². The molecule has 1 atom stereocenters. The molecular formula is C18H18N2O3. The van der Waals surface area contributed by atoms with Crippen LogP contribution in [0, 0.1) is 10.1 Å². The van der Waals surface area contributed by atoms with E-state index in [-0.39, 0.29) is 5.69 Å². The molecule has 0 fully saturated rings. The van der Waals surface area contributed by atoms with Crippen LogP contribution in [-0.4, -0.2) is 15.0 Å². The molecule has 118 valence electrons. The number of aliphatic hydroxyl groups is 1. The van der Waals surface area contributed by atoms with Gasteiger partial charge >= 0.3 is 0 Å². The van der Waals surface area contributed by atoms with E-state index in [4.69, 9.17) is 0 Å². The summed E-state index contributed by atoms with van der Waals surface area (Å²) in [5.41, 5.74) is 3.39. The molecule has 2 aromatic carbocycles. The van der Waals surface area contributed by atoms with Crippen LogP contribution in [0.4, 0.5) is 5.69 Å². The predicted molar refractivity (Wildman–Crippen MR) is 89.5 cm³/mol. The fourth-order valence-corrected chi connectivity index (χ4v) is 2.71. The van der Waals surface area contributed by atoms with Crippen LogP contribution in [0.15, 0.2) is 48.7 Å². The highest BCUT2D eigenvalue weighted by Crippen LogP contribution is 2.31. The molecule has 0 amide bonds. The first-order valence-corrected chi connectivity index (χ1v) is 7.50. The topological polar surface area (TPSA) is 79.2 Å². The molecular weight excluding hydrogens is 292 g/mol. The minimum absolute atomic E-state index is 0.0145. The van der Waals surface area contributed by atoms with E-state index in [0.29, 0.717) is 16.9 Å². The van der Waals surface area contributed by atoms with E-state index in [1.165, 1.54) is 17.7 Å². The van der Waals surface area contributed by atoms with Gasteiger partial charge in [0.25, 0.3) is 5.69 Å². The maximum Gasteiger partial charge on any atom is 0.270 e. The van der Waals surface area contributed by atoms with Crippen molar-refractivity contribution < 1.29 is 10.0 Å². The van der Waals surface area contributed by atoms with E-state index in [1.54, 1.807) is 12.3 Å². The fourth-order valence-electron chi connectivity index (χ4n) is 2.71. The van der Waals surface area contributed by atoms with Crippen LogP contribution >= 0.6 is 0 Å². The smallest absolute Gasteiger partial charge is 0.270 e. The van der Waals surface area contributed by atoms with Crippen molar-refractivity contribution in [3.05, 3.63) is 75.5 Å². The van der Waals surface area contributed by atoms with Crippen molar-refractivity contribution in [1.29, 1.82) is 0 Å². The second-order valence-corrected chi connectivity index (χ2v) is 5.95. The number of nitro groups is 1. The summed E-state index contributed by atoms with van der Waals surface area (Å²) < 4.78 is 0. The summed E-state index contributed by atoms with van der Waals surface area (Å²) in [5.74, 6) is 0.428. The number of fused-ring (bicyclic) bond motifs is 1. The number of aromatic amines is 1. The van der Waals surface area contributed by atoms with Gasteiger partial charge in [-0.15, -0.1) is 0 Å². The van der Waals surface area contributed by atoms with Crippen molar-refractivity contribution in [3.63, 3.8) is 0 Å². The Balaban J connectivity index is 2.01. The van der Waals surface area contributed by atoms with E-state index in [1.807, 2.05) is 24.3 Å². The van der Waals surface area contributed by atoms with Crippen molar-refractivity contribution in [3.8, 4) is 0 Å². The Labute approximate surface area is 133 Å². The van der Waals surface area contributed by atoms with E-state index < -0.39 is 11.0 Å². The summed E-state index contributed by atoms with van der Waals surface area (Å²) in [5, 5.41) is 22.3. The van der Waals surface area contributed by atoms with Crippen molar-refractivity contribution in [2.24, 2.45) is 0 Å². The van der Waals surface area contributed by atoms with Crippen LogP contribution in [0.2, 0.25) is 0 Å². The summed E-state index contributed by atoms with van der Waals surface area (Å²) in [6, 6.07) is 12.4. The minimum atomic E-state index is -0.827. The van der Waals surface area contributed by atoms with Gasteiger partial charge in [-0.1, -0.05) is 38.1 Å². The number of nitrogens with zero attached hydrogens (tertiary/aromatic N) is 1. The Morgan fingerprint density at radius 2 is 1.74 bits per heavy atom. The van der Waals surface area contributed by atoms with Gasteiger partial charge in [0.1, 0.15) is 6.10 Å². The van der Waals surface area contributed by atoms with Gasteiger partial charge in [0.05, 0.1) is 4.92 Å². The Kier molecular flexibility index (Phi) is 3.88. The third-order valence-electron chi connectivity index (χ3n) is 4.12. The number of aromatic nitrogens is 1. The second kappa shape index (κ2) is 5.85. The van der Waals surface area contributed by atoms with Gasteiger partial charge in [-0.3, -0.25) is 10.1 Å². The molecule has 1 aromatic heterocycles. The van der Waals surface area contributed by atoms with E-state index in [0.717, 1.165) is 11.1 Å². The summed E-state index contributed by atoms with van der Waals surface area (Å²) in [7, 11) is 0. The Morgan fingerprint density at radius 3 is 2.35 bits per heavy atom. The third-order valence-corrected chi connectivity index (χ3v) is 4.12. The molecule has 0 spiro atoms. The number of rotatable bonds is 4. The highest BCUT2D eigenvalue weighted by atomic mass is 16.6. The number of H-pyrrole nitrogens is 1. The summed E-state index contributed by atoms with van der Waals surface area (Å²) in [4.78, 5) is 13.6. The molecule has 0 radical (unpaired) electrons. The lowest BCUT2D eigenvalue weighted by molar-refractivity contribution is -0.384. The van der Waals surface area contributed by atoms with Crippen molar-refractivity contribution >= 4 is 16.6 Å². The fraction of sp³-hybridized carbons (Fsp3) is 0.222. The van der Waals surface area contributed by atoms with Gasteiger partial charge in [0.2, 0.25) is 0 Å². The van der Waals surface area contributed by atoms with E-state index >= 15 is 0 Å². The zero-order valence-electron chi connectivity index (χ0n) is 13.0. The molecule has 0 aliphatic carbocycles. The van der Waals surface area contributed by atoms with Crippen LogP contribution in [0.1, 0.15) is 42.6 Å². The van der Waals surface area contributed by atoms with E-state index in [9.17, 15) is 15.2 Å². The highest BCUT2D eigenvalue weighted by molar-refractivity contribution is 5.86. The van der Waals surface area contributed by atoms with E-state index in [2.05, 4.69) is 18.8 Å². The van der Waals surface area contributed by atoms with Crippen LogP contribution < -0.4 is 0 Å². The molecule has 1 heterocycles.